The molecule has 0 unspecified atom stereocenters. The minimum Gasteiger partial charge on any atom is -0.490 e. The van der Waals surface area contributed by atoms with E-state index in [-0.39, 0.29) is 18.4 Å². The Balaban J connectivity index is 0.00000324. The normalized spacial score (nSPS) is 13.6. The lowest BCUT2D eigenvalue weighted by Gasteiger charge is -2.38. The molecule has 1 saturated heterocycles. The molecule has 34 heavy (non-hydrogen) atoms. The van der Waals surface area contributed by atoms with Crippen molar-refractivity contribution in [3.8, 4) is 5.75 Å². The fourth-order valence-corrected chi connectivity index (χ4v) is 3.83. The SMILES string of the molecule is Cc1nc(N)nc(N)c1N1CCN(c2ccc(C=NOCCOc3ccccc3)cc2)CC1.Cl. The smallest absolute Gasteiger partial charge is 0.222 e. The second-order valence-electron chi connectivity index (χ2n) is 7.70. The first-order chi connectivity index (χ1) is 16.1. The van der Waals surface area contributed by atoms with Gasteiger partial charge in [0, 0.05) is 31.9 Å². The monoisotopic (exact) mass is 483 g/mol. The Hall–Kier alpha value is -3.72. The molecule has 0 aliphatic carbocycles. The van der Waals surface area contributed by atoms with Gasteiger partial charge in [0.1, 0.15) is 18.0 Å². The van der Waals surface area contributed by atoms with Crippen LogP contribution in [0.4, 0.5) is 23.1 Å². The van der Waals surface area contributed by atoms with Crippen molar-refractivity contribution in [1.29, 1.82) is 0 Å². The Kier molecular flexibility index (Phi) is 8.75. The summed E-state index contributed by atoms with van der Waals surface area (Å²) in [6.45, 7) is 6.16. The van der Waals surface area contributed by atoms with Gasteiger partial charge in [-0.3, -0.25) is 0 Å². The zero-order chi connectivity index (χ0) is 23.0. The topological polar surface area (TPSA) is 115 Å². The average molecular weight is 484 g/mol. The van der Waals surface area contributed by atoms with Crippen molar-refractivity contribution >= 4 is 41.8 Å². The molecule has 1 aliphatic heterocycles. The number of rotatable bonds is 8. The highest BCUT2D eigenvalue weighted by Crippen LogP contribution is 2.27. The van der Waals surface area contributed by atoms with Crippen LogP contribution in [0.1, 0.15) is 11.3 Å². The number of aromatic nitrogens is 2. The molecule has 0 atom stereocenters. The number of nitrogens with zero attached hydrogens (tertiary/aromatic N) is 5. The van der Waals surface area contributed by atoms with Crippen molar-refractivity contribution in [3.63, 3.8) is 0 Å². The van der Waals surface area contributed by atoms with Crippen LogP contribution in [0.2, 0.25) is 0 Å². The Bertz CT molecular complexity index is 1050. The lowest BCUT2D eigenvalue weighted by Crippen LogP contribution is -2.47. The third kappa shape index (κ3) is 6.41. The van der Waals surface area contributed by atoms with Crippen LogP contribution >= 0.6 is 12.4 Å². The first-order valence-electron chi connectivity index (χ1n) is 10.9. The lowest BCUT2D eigenvalue weighted by atomic mass is 10.2. The summed E-state index contributed by atoms with van der Waals surface area (Å²) >= 11 is 0. The third-order valence-corrected chi connectivity index (χ3v) is 5.42. The molecule has 180 valence electrons. The van der Waals surface area contributed by atoms with Gasteiger partial charge in [0.05, 0.1) is 11.9 Å². The summed E-state index contributed by atoms with van der Waals surface area (Å²) < 4.78 is 5.57. The number of aryl methyl sites for hydroxylation is 1. The van der Waals surface area contributed by atoms with Crippen molar-refractivity contribution in [2.75, 3.05) is 60.7 Å². The number of halogens is 1. The molecule has 0 bridgehead atoms. The molecule has 0 spiro atoms. The van der Waals surface area contributed by atoms with E-state index in [0.717, 1.165) is 48.9 Å². The molecule has 0 amide bonds. The quantitative estimate of drug-likeness (QED) is 0.285. The zero-order valence-corrected chi connectivity index (χ0v) is 19.9. The molecular weight excluding hydrogens is 454 g/mol. The molecule has 9 nitrogen and oxygen atoms in total. The summed E-state index contributed by atoms with van der Waals surface area (Å²) in [6, 6.07) is 17.9. The molecule has 3 aromatic rings. The number of para-hydroxylation sites is 1. The van der Waals surface area contributed by atoms with Gasteiger partial charge in [-0.1, -0.05) is 35.5 Å². The number of nitrogen functional groups attached to an aromatic ring is 2. The fraction of sp³-hybridized carbons (Fsp3) is 0.292. The second-order valence-corrected chi connectivity index (χ2v) is 7.70. The van der Waals surface area contributed by atoms with Crippen LogP contribution in [0, 0.1) is 6.92 Å². The van der Waals surface area contributed by atoms with Gasteiger partial charge in [-0.15, -0.1) is 12.4 Å². The highest BCUT2D eigenvalue weighted by Gasteiger charge is 2.22. The zero-order valence-electron chi connectivity index (χ0n) is 19.1. The minimum absolute atomic E-state index is 0. The van der Waals surface area contributed by atoms with Crippen LogP contribution in [0.3, 0.4) is 0 Å². The van der Waals surface area contributed by atoms with Crippen LogP contribution in [-0.2, 0) is 4.84 Å². The average Bonchev–Trinajstić information content (AvgIpc) is 2.82. The summed E-state index contributed by atoms with van der Waals surface area (Å²) in [5.74, 6) is 1.47. The molecule has 0 saturated carbocycles. The van der Waals surface area contributed by atoms with Crippen LogP contribution in [0.15, 0.2) is 59.8 Å². The summed E-state index contributed by atoms with van der Waals surface area (Å²) in [6.07, 6.45) is 1.71. The van der Waals surface area contributed by atoms with Crippen molar-refractivity contribution < 1.29 is 9.57 Å². The number of anilines is 4. The second kappa shape index (κ2) is 11.9. The van der Waals surface area contributed by atoms with Gasteiger partial charge in [0.15, 0.2) is 12.4 Å². The number of piperazine rings is 1. The van der Waals surface area contributed by atoms with Crippen LogP contribution in [0.5, 0.6) is 5.75 Å². The maximum absolute atomic E-state index is 6.09. The first kappa shape index (κ1) is 24.9. The number of nitrogens with two attached hydrogens (primary N) is 2. The first-order valence-corrected chi connectivity index (χ1v) is 10.9. The molecule has 4 N–H and O–H groups in total. The lowest BCUT2D eigenvalue weighted by molar-refractivity contribution is 0.108. The van der Waals surface area contributed by atoms with E-state index in [1.54, 1.807) is 6.21 Å². The van der Waals surface area contributed by atoms with Crippen molar-refractivity contribution in [3.05, 3.63) is 65.9 Å². The van der Waals surface area contributed by atoms with E-state index < -0.39 is 0 Å². The summed E-state index contributed by atoms with van der Waals surface area (Å²) in [7, 11) is 0. The van der Waals surface area contributed by atoms with Gasteiger partial charge in [0.2, 0.25) is 5.95 Å². The van der Waals surface area contributed by atoms with E-state index in [1.807, 2.05) is 49.4 Å². The van der Waals surface area contributed by atoms with Gasteiger partial charge in [-0.25, -0.2) is 4.98 Å². The predicted molar refractivity (Wildman–Crippen MR) is 139 cm³/mol. The van der Waals surface area contributed by atoms with E-state index in [0.29, 0.717) is 19.0 Å². The molecule has 1 aromatic heterocycles. The minimum atomic E-state index is 0. The van der Waals surface area contributed by atoms with Crippen molar-refractivity contribution in [2.24, 2.45) is 5.16 Å². The summed E-state index contributed by atoms with van der Waals surface area (Å²) in [4.78, 5) is 18.2. The van der Waals surface area contributed by atoms with E-state index in [4.69, 9.17) is 21.0 Å². The molecule has 1 fully saturated rings. The number of oxime groups is 1. The maximum Gasteiger partial charge on any atom is 0.222 e. The summed E-state index contributed by atoms with van der Waals surface area (Å²) in [5.41, 5.74) is 15.6. The number of hydrogen-bond acceptors (Lipinski definition) is 9. The highest BCUT2D eigenvalue weighted by atomic mass is 35.5. The number of hydrogen-bond donors (Lipinski definition) is 2. The fourth-order valence-electron chi connectivity index (χ4n) is 3.83. The largest absolute Gasteiger partial charge is 0.490 e. The van der Waals surface area contributed by atoms with Gasteiger partial charge >= 0.3 is 0 Å². The van der Waals surface area contributed by atoms with Crippen LogP contribution < -0.4 is 26.0 Å². The van der Waals surface area contributed by atoms with E-state index in [1.165, 1.54) is 5.69 Å². The molecule has 2 aromatic carbocycles. The van der Waals surface area contributed by atoms with E-state index in [9.17, 15) is 0 Å². The Morgan fingerprint density at radius 3 is 2.26 bits per heavy atom. The van der Waals surface area contributed by atoms with Gasteiger partial charge in [-0.2, -0.15) is 4.98 Å². The molecule has 10 heteroatoms. The third-order valence-electron chi connectivity index (χ3n) is 5.42. The van der Waals surface area contributed by atoms with Crippen LogP contribution in [0.25, 0.3) is 0 Å². The number of benzene rings is 2. The van der Waals surface area contributed by atoms with Crippen molar-refractivity contribution in [2.45, 2.75) is 6.92 Å². The number of ether oxygens (including phenoxy) is 1. The van der Waals surface area contributed by atoms with E-state index in [2.05, 4.69) is 37.1 Å². The van der Waals surface area contributed by atoms with Gasteiger partial charge in [0.25, 0.3) is 0 Å². The molecular formula is C24H30ClN7O2. The van der Waals surface area contributed by atoms with Crippen LogP contribution in [-0.4, -0.2) is 55.6 Å². The van der Waals surface area contributed by atoms with Crippen molar-refractivity contribution in [1.82, 2.24) is 9.97 Å². The molecule has 2 heterocycles. The van der Waals surface area contributed by atoms with Gasteiger partial charge in [-0.05, 0) is 36.8 Å². The Morgan fingerprint density at radius 2 is 1.59 bits per heavy atom. The maximum atomic E-state index is 6.09. The molecule has 1 aliphatic rings. The highest BCUT2D eigenvalue weighted by molar-refractivity contribution is 5.85. The molecule has 0 radical (unpaired) electrons. The standard InChI is InChI=1S/C24H29N7O2.ClH/c1-18-22(23(25)29-24(26)28-18)31-13-11-30(12-14-31)20-9-7-19(8-10-20)17-27-33-16-15-32-21-5-3-2-4-6-21;/h2-10,17H,11-16H2,1H3,(H4,25,26,28,29);1H. The van der Waals surface area contributed by atoms with E-state index >= 15 is 0 Å². The predicted octanol–water partition coefficient (Wildman–Crippen LogP) is 3.13. The summed E-state index contributed by atoms with van der Waals surface area (Å²) in [5, 5.41) is 4.02. The molecule has 4 rings (SSSR count). The van der Waals surface area contributed by atoms with Gasteiger partial charge < -0.3 is 30.8 Å². The Labute approximate surface area is 205 Å². The Morgan fingerprint density at radius 1 is 0.912 bits per heavy atom.